The van der Waals surface area contributed by atoms with Crippen molar-refractivity contribution in [2.45, 2.75) is 19.9 Å². The summed E-state index contributed by atoms with van der Waals surface area (Å²) in [5.41, 5.74) is 2.62. The van der Waals surface area contributed by atoms with Crippen LogP contribution in [0.4, 0.5) is 5.69 Å². The first kappa shape index (κ1) is 21.8. The molecule has 3 aromatic rings. The number of benzene rings is 3. The first-order chi connectivity index (χ1) is 14.9. The second-order valence-electron chi connectivity index (χ2n) is 6.89. The summed E-state index contributed by atoms with van der Waals surface area (Å²) >= 11 is 0. The molecule has 1 amide bonds. The minimum atomic E-state index is -0.605. The van der Waals surface area contributed by atoms with Crippen molar-refractivity contribution >= 4 is 11.6 Å². The molecule has 0 radical (unpaired) electrons. The number of nitrogens with zero attached hydrogens (tertiary/aromatic N) is 1. The number of amides is 1. The van der Waals surface area contributed by atoms with Crippen LogP contribution in [0.15, 0.2) is 66.7 Å². The Morgan fingerprint density at radius 1 is 1.03 bits per heavy atom. The SMILES string of the molecule is CCOc1cc(C(=O)NC(C)c2ccc(-c3ccccc3)cc2)c([N+](=O)[O-])cc1OC. The number of hydrogen-bond donors (Lipinski definition) is 1. The molecule has 3 aromatic carbocycles. The standard InChI is InChI=1S/C24H24N2O5/c1-4-31-23-14-20(21(26(28)29)15-22(23)30-3)24(27)25-16(2)17-10-12-19(13-11-17)18-8-6-5-7-9-18/h5-16H,4H2,1-3H3,(H,25,27). The average Bonchev–Trinajstić information content (AvgIpc) is 2.79. The predicted molar refractivity (Wildman–Crippen MR) is 119 cm³/mol. The molecule has 160 valence electrons. The van der Waals surface area contributed by atoms with Crippen LogP contribution >= 0.6 is 0 Å². The Hall–Kier alpha value is -3.87. The van der Waals surface area contributed by atoms with Crippen LogP contribution in [0.2, 0.25) is 0 Å². The highest BCUT2D eigenvalue weighted by Crippen LogP contribution is 2.35. The van der Waals surface area contributed by atoms with Gasteiger partial charge in [-0.15, -0.1) is 0 Å². The van der Waals surface area contributed by atoms with Crippen LogP contribution in [-0.2, 0) is 0 Å². The summed E-state index contributed by atoms with van der Waals surface area (Å²) in [6, 6.07) is 20.0. The van der Waals surface area contributed by atoms with Crippen molar-refractivity contribution in [2.75, 3.05) is 13.7 Å². The Morgan fingerprint density at radius 2 is 1.68 bits per heavy atom. The van der Waals surface area contributed by atoms with E-state index < -0.39 is 10.8 Å². The van der Waals surface area contributed by atoms with Gasteiger partial charge >= 0.3 is 0 Å². The van der Waals surface area contributed by atoms with Gasteiger partial charge in [0.25, 0.3) is 11.6 Å². The van der Waals surface area contributed by atoms with E-state index in [0.29, 0.717) is 6.61 Å². The number of carbonyl (C=O) groups is 1. The summed E-state index contributed by atoms with van der Waals surface area (Å²) in [6.45, 7) is 3.94. The minimum Gasteiger partial charge on any atom is -0.493 e. The topological polar surface area (TPSA) is 90.7 Å². The van der Waals surface area contributed by atoms with Gasteiger partial charge in [-0.3, -0.25) is 14.9 Å². The van der Waals surface area contributed by atoms with Crippen LogP contribution in [0.3, 0.4) is 0 Å². The maximum absolute atomic E-state index is 12.9. The first-order valence-electron chi connectivity index (χ1n) is 9.90. The van der Waals surface area contributed by atoms with E-state index in [9.17, 15) is 14.9 Å². The van der Waals surface area contributed by atoms with Crippen molar-refractivity contribution in [1.82, 2.24) is 5.32 Å². The van der Waals surface area contributed by atoms with E-state index in [2.05, 4.69) is 5.32 Å². The third-order valence-corrected chi connectivity index (χ3v) is 4.89. The van der Waals surface area contributed by atoms with Crippen LogP contribution in [0.25, 0.3) is 11.1 Å². The molecule has 1 atom stereocenters. The first-order valence-corrected chi connectivity index (χ1v) is 9.90. The number of hydrogen-bond acceptors (Lipinski definition) is 5. The fraction of sp³-hybridized carbons (Fsp3) is 0.208. The van der Waals surface area contributed by atoms with Gasteiger partial charge in [-0.25, -0.2) is 0 Å². The summed E-state index contributed by atoms with van der Waals surface area (Å²) in [5.74, 6) is -0.0785. The van der Waals surface area contributed by atoms with Crippen molar-refractivity contribution in [3.05, 3.63) is 88.0 Å². The molecule has 0 aliphatic carbocycles. The molecule has 0 aromatic heterocycles. The largest absolute Gasteiger partial charge is 0.493 e. The summed E-state index contributed by atoms with van der Waals surface area (Å²) < 4.78 is 10.6. The van der Waals surface area contributed by atoms with Crippen LogP contribution in [0, 0.1) is 10.1 Å². The van der Waals surface area contributed by atoms with E-state index in [1.807, 2.05) is 61.5 Å². The molecule has 31 heavy (non-hydrogen) atoms. The van der Waals surface area contributed by atoms with Crippen LogP contribution in [0.1, 0.15) is 35.8 Å². The smallest absolute Gasteiger partial charge is 0.286 e. The molecule has 0 spiro atoms. The summed E-state index contributed by atoms with van der Waals surface area (Å²) in [5, 5.41) is 14.4. The molecular formula is C24H24N2O5. The third kappa shape index (κ3) is 5.01. The van der Waals surface area contributed by atoms with Gasteiger partial charge in [-0.2, -0.15) is 0 Å². The van der Waals surface area contributed by atoms with Crippen molar-refractivity contribution in [2.24, 2.45) is 0 Å². The third-order valence-electron chi connectivity index (χ3n) is 4.89. The van der Waals surface area contributed by atoms with Gasteiger partial charge in [0.1, 0.15) is 5.56 Å². The van der Waals surface area contributed by atoms with E-state index in [1.54, 1.807) is 6.92 Å². The molecule has 0 fully saturated rings. The van der Waals surface area contributed by atoms with Gasteiger partial charge in [-0.05, 0) is 30.5 Å². The molecule has 3 rings (SSSR count). The molecule has 1 N–H and O–H groups in total. The summed E-state index contributed by atoms with van der Waals surface area (Å²) in [4.78, 5) is 23.8. The zero-order chi connectivity index (χ0) is 22.4. The Labute approximate surface area is 180 Å². The predicted octanol–water partition coefficient (Wildman–Crippen LogP) is 5.16. The summed E-state index contributed by atoms with van der Waals surface area (Å²) in [7, 11) is 1.39. The highest BCUT2D eigenvalue weighted by Gasteiger charge is 2.25. The number of carbonyl (C=O) groups excluding carboxylic acids is 1. The van der Waals surface area contributed by atoms with E-state index in [0.717, 1.165) is 16.7 Å². The highest BCUT2D eigenvalue weighted by atomic mass is 16.6. The molecule has 0 saturated carbocycles. The molecule has 0 aliphatic heterocycles. The lowest BCUT2D eigenvalue weighted by molar-refractivity contribution is -0.385. The molecule has 7 heteroatoms. The second kappa shape index (κ2) is 9.75. The van der Waals surface area contributed by atoms with Crippen molar-refractivity contribution in [3.8, 4) is 22.6 Å². The number of nitrogens with one attached hydrogen (secondary N) is 1. The number of rotatable bonds is 8. The Bertz CT molecular complexity index is 1070. The van der Waals surface area contributed by atoms with Gasteiger partial charge in [0.2, 0.25) is 0 Å². The minimum absolute atomic E-state index is 0.0815. The number of nitro groups is 1. The van der Waals surface area contributed by atoms with Gasteiger partial charge in [0, 0.05) is 6.07 Å². The van der Waals surface area contributed by atoms with Crippen molar-refractivity contribution in [3.63, 3.8) is 0 Å². The monoisotopic (exact) mass is 420 g/mol. The second-order valence-corrected chi connectivity index (χ2v) is 6.89. The zero-order valence-electron chi connectivity index (χ0n) is 17.6. The van der Waals surface area contributed by atoms with Gasteiger partial charge in [-0.1, -0.05) is 54.6 Å². The van der Waals surface area contributed by atoms with Crippen LogP contribution in [0.5, 0.6) is 11.5 Å². The highest BCUT2D eigenvalue weighted by molar-refractivity contribution is 5.99. The average molecular weight is 420 g/mol. The van der Waals surface area contributed by atoms with E-state index in [1.165, 1.54) is 19.2 Å². The van der Waals surface area contributed by atoms with Gasteiger partial charge < -0.3 is 14.8 Å². The molecule has 1 unspecified atom stereocenters. The maximum atomic E-state index is 12.9. The molecule has 0 aliphatic rings. The lowest BCUT2D eigenvalue weighted by Gasteiger charge is -2.16. The molecule has 0 saturated heterocycles. The molecule has 0 heterocycles. The summed E-state index contributed by atoms with van der Waals surface area (Å²) in [6.07, 6.45) is 0. The van der Waals surface area contributed by atoms with E-state index in [-0.39, 0.29) is 28.8 Å². The lowest BCUT2D eigenvalue weighted by Crippen LogP contribution is -2.27. The zero-order valence-corrected chi connectivity index (χ0v) is 17.6. The quantitative estimate of drug-likeness (QED) is 0.401. The van der Waals surface area contributed by atoms with Crippen LogP contribution in [-0.4, -0.2) is 24.5 Å². The van der Waals surface area contributed by atoms with Gasteiger partial charge in [0.05, 0.1) is 30.7 Å². The Kier molecular flexibility index (Phi) is 6.87. The number of nitro benzene ring substituents is 1. The molecule has 0 bridgehead atoms. The van der Waals surface area contributed by atoms with Crippen molar-refractivity contribution in [1.29, 1.82) is 0 Å². The van der Waals surface area contributed by atoms with E-state index in [4.69, 9.17) is 9.47 Å². The number of ether oxygens (including phenoxy) is 2. The van der Waals surface area contributed by atoms with E-state index >= 15 is 0 Å². The fourth-order valence-electron chi connectivity index (χ4n) is 3.26. The molecule has 7 nitrogen and oxygen atoms in total. The fourth-order valence-corrected chi connectivity index (χ4v) is 3.26. The lowest BCUT2D eigenvalue weighted by atomic mass is 10.0. The van der Waals surface area contributed by atoms with Crippen LogP contribution < -0.4 is 14.8 Å². The maximum Gasteiger partial charge on any atom is 0.286 e. The van der Waals surface area contributed by atoms with Gasteiger partial charge in [0.15, 0.2) is 11.5 Å². The van der Waals surface area contributed by atoms with Crippen molar-refractivity contribution < 1.29 is 19.2 Å². The normalized spacial score (nSPS) is 11.5. The Balaban J connectivity index is 1.83. The number of methoxy groups -OCH3 is 1. The Morgan fingerprint density at radius 3 is 2.26 bits per heavy atom. The molecular weight excluding hydrogens is 396 g/mol.